The molecule has 1 atom stereocenters. The van der Waals surface area contributed by atoms with Gasteiger partial charge in [0, 0.05) is 36.1 Å². The van der Waals surface area contributed by atoms with Crippen LogP contribution in [0, 0.1) is 16.7 Å². The summed E-state index contributed by atoms with van der Waals surface area (Å²) in [7, 11) is 0. The fourth-order valence-electron chi connectivity index (χ4n) is 6.05. The van der Waals surface area contributed by atoms with Crippen LogP contribution in [0.5, 0.6) is 0 Å². The molecule has 2 aromatic rings. The number of anilines is 1. The van der Waals surface area contributed by atoms with E-state index in [2.05, 4.69) is 21.4 Å². The topological polar surface area (TPSA) is 81.9 Å². The van der Waals surface area contributed by atoms with Crippen molar-refractivity contribution in [1.82, 2.24) is 14.9 Å². The predicted molar refractivity (Wildman–Crippen MR) is 113 cm³/mol. The summed E-state index contributed by atoms with van der Waals surface area (Å²) in [4.78, 5) is 23.5. The Morgan fingerprint density at radius 1 is 1.25 bits per heavy atom. The van der Waals surface area contributed by atoms with Gasteiger partial charge >= 0.3 is 0 Å². The van der Waals surface area contributed by atoms with E-state index in [-0.39, 0.29) is 36.2 Å². The molecule has 164 valence electrons. The molecular weight excluding hydrogens is 436 g/mol. The number of nitriles is 1. The van der Waals surface area contributed by atoms with Crippen molar-refractivity contribution < 1.29 is 13.6 Å². The van der Waals surface area contributed by atoms with Gasteiger partial charge in [0.15, 0.2) is 0 Å². The number of amides is 1. The van der Waals surface area contributed by atoms with E-state index in [1.165, 1.54) is 0 Å². The molecule has 0 unspecified atom stereocenters. The number of alkyl halides is 2. The Labute approximate surface area is 188 Å². The Kier molecular flexibility index (Phi) is 4.10. The van der Waals surface area contributed by atoms with Gasteiger partial charge in [0.2, 0.25) is 11.9 Å². The molecule has 1 N–H and O–H groups in total. The van der Waals surface area contributed by atoms with Gasteiger partial charge in [-0.15, -0.1) is 0 Å². The number of carbonyl (C=O) groups is 1. The number of rotatable bonds is 3. The van der Waals surface area contributed by atoms with Crippen molar-refractivity contribution in [2.75, 3.05) is 5.32 Å². The van der Waals surface area contributed by atoms with Gasteiger partial charge in [-0.3, -0.25) is 4.79 Å². The summed E-state index contributed by atoms with van der Waals surface area (Å²) in [5.41, 5.74) is 3.53. The zero-order valence-electron chi connectivity index (χ0n) is 17.2. The molecule has 0 bridgehead atoms. The van der Waals surface area contributed by atoms with Crippen LogP contribution in [0.2, 0.25) is 5.02 Å². The van der Waals surface area contributed by atoms with Crippen molar-refractivity contribution in [2.24, 2.45) is 5.41 Å². The SMILES string of the molecule is N#Cc1cc(Cl)cc2c1C[C@@H](Nc1ncc3c(n1)CN(C1CC4(C1)CC(F)(F)C4)C3=O)C2. The fraction of sp³-hybridized carbons (Fsp3) is 0.478. The van der Waals surface area contributed by atoms with Crippen LogP contribution in [0.15, 0.2) is 18.3 Å². The third-order valence-corrected chi connectivity index (χ3v) is 7.62. The highest BCUT2D eigenvalue weighted by Crippen LogP contribution is 2.63. The highest BCUT2D eigenvalue weighted by Gasteiger charge is 2.63. The molecule has 2 fully saturated rings. The normalized spacial score (nSPS) is 24.5. The number of carbonyl (C=O) groups excluding carboxylic acids is 1. The van der Waals surface area contributed by atoms with Crippen molar-refractivity contribution in [2.45, 2.75) is 63.1 Å². The average molecular weight is 456 g/mol. The minimum absolute atomic E-state index is 0.00249. The number of benzene rings is 1. The fourth-order valence-corrected chi connectivity index (χ4v) is 6.29. The molecular formula is C23H20ClF2N5O. The molecule has 1 aliphatic heterocycles. The lowest BCUT2D eigenvalue weighted by atomic mass is 9.52. The maximum atomic E-state index is 13.3. The maximum absolute atomic E-state index is 13.3. The lowest BCUT2D eigenvalue weighted by molar-refractivity contribution is -0.206. The molecule has 1 aromatic heterocycles. The van der Waals surface area contributed by atoms with Crippen LogP contribution < -0.4 is 5.32 Å². The molecule has 9 heteroatoms. The molecule has 0 saturated heterocycles. The van der Waals surface area contributed by atoms with E-state index in [4.69, 9.17) is 11.6 Å². The molecule has 1 aromatic carbocycles. The van der Waals surface area contributed by atoms with E-state index >= 15 is 0 Å². The molecule has 4 aliphatic rings. The third-order valence-electron chi connectivity index (χ3n) is 7.40. The van der Waals surface area contributed by atoms with Gasteiger partial charge in [-0.1, -0.05) is 11.6 Å². The Balaban J connectivity index is 1.13. The Bertz CT molecular complexity index is 1190. The second kappa shape index (κ2) is 6.61. The van der Waals surface area contributed by atoms with Crippen LogP contribution in [0.25, 0.3) is 0 Å². The van der Waals surface area contributed by atoms with Gasteiger partial charge < -0.3 is 10.2 Å². The minimum atomic E-state index is -2.53. The molecule has 2 heterocycles. The summed E-state index contributed by atoms with van der Waals surface area (Å²) in [6.07, 6.45) is 4.12. The predicted octanol–water partition coefficient (Wildman–Crippen LogP) is 4.11. The van der Waals surface area contributed by atoms with Crippen LogP contribution in [-0.4, -0.2) is 38.8 Å². The lowest BCUT2D eigenvalue weighted by Gasteiger charge is -2.59. The number of aromatic nitrogens is 2. The summed E-state index contributed by atoms with van der Waals surface area (Å²) in [6.45, 7) is 0.390. The summed E-state index contributed by atoms with van der Waals surface area (Å²) in [5.74, 6) is -2.20. The number of hydrogen-bond acceptors (Lipinski definition) is 5. The summed E-state index contributed by atoms with van der Waals surface area (Å²) >= 11 is 6.12. The van der Waals surface area contributed by atoms with E-state index in [0.717, 1.165) is 11.1 Å². The number of hydrogen-bond donors (Lipinski definition) is 1. The molecule has 1 spiro atoms. The maximum Gasteiger partial charge on any atom is 0.257 e. The van der Waals surface area contributed by atoms with E-state index in [0.29, 0.717) is 60.0 Å². The zero-order valence-corrected chi connectivity index (χ0v) is 17.9. The first-order valence-electron chi connectivity index (χ1n) is 10.8. The van der Waals surface area contributed by atoms with E-state index in [1.54, 1.807) is 17.2 Å². The molecule has 6 nitrogen and oxygen atoms in total. The van der Waals surface area contributed by atoms with Gasteiger partial charge in [-0.05, 0) is 54.4 Å². The van der Waals surface area contributed by atoms with Crippen molar-refractivity contribution in [3.05, 3.63) is 51.3 Å². The molecule has 0 radical (unpaired) electrons. The average Bonchev–Trinajstić information content (AvgIpc) is 3.23. The lowest BCUT2D eigenvalue weighted by Crippen LogP contribution is -2.59. The minimum Gasteiger partial charge on any atom is -0.351 e. The second-order valence-electron chi connectivity index (χ2n) is 9.71. The Morgan fingerprint density at radius 2 is 2.03 bits per heavy atom. The van der Waals surface area contributed by atoms with Crippen LogP contribution in [0.1, 0.15) is 58.4 Å². The zero-order chi connectivity index (χ0) is 22.3. The van der Waals surface area contributed by atoms with Crippen LogP contribution in [0.4, 0.5) is 14.7 Å². The second-order valence-corrected chi connectivity index (χ2v) is 10.1. The molecule has 2 saturated carbocycles. The quantitative estimate of drug-likeness (QED) is 0.753. The number of halogens is 3. The molecule has 32 heavy (non-hydrogen) atoms. The van der Waals surface area contributed by atoms with Crippen LogP contribution >= 0.6 is 11.6 Å². The molecule has 6 rings (SSSR count). The van der Waals surface area contributed by atoms with E-state index < -0.39 is 5.92 Å². The highest BCUT2D eigenvalue weighted by atomic mass is 35.5. The van der Waals surface area contributed by atoms with Crippen LogP contribution in [-0.2, 0) is 19.4 Å². The van der Waals surface area contributed by atoms with E-state index in [1.807, 2.05) is 6.07 Å². The van der Waals surface area contributed by atoms with Gasteiger partial charge in [0.25, 0.3) is 5.91 Å². The first-order chi connectivity index (χ1) is 15.2. The number of nitrogens with one attached hydrogen (secondary N) is 1. The van der Waals surface area contributed by atoms with Gasteiger partial charge in [-0.25, -0.2) is 18.7 Å². The molecule has 1 amide bonds. The van der Waals surface area contributed by atoms with Crippen molar-refractivity contribution in [3.8, 4) is 6.07 Å². The smallest absolute Gasteiger partial charge is 0.257 e. The monoisotopic (exact) mass is 455 g/mol. The third kappa shape index (κ3) is 3.06. The van der Waals surface area contributed by atoms with Crippen molar-refractivity contribution >= 4 is 23.5 Å². The van der Waals surface area contributed by atoms with Gasteiger partial charge in [-0.2, -0.15) is 5.26 Å². The summed E-state index contributed by atoms with van der Waals surface area (Å²) in [6, 6.07) is 5.82. The summed E-state index contributed by atoms with van der Waals surface area (Å²) in [5, 5.41) is 13.3. The number of nitrogens with zero attached hydrogens (tertiary/aromatic N) is 4. The highest BCUT2D eigenvalue weighted by molar-refractivity contribution is 6.30. The number of fused-ring (bicyclic) bond motifs is 2. The standard InChI is InChI=1S/C23H20ClF2N5O/c24-14-1-12-3-15(4-17(12)13(2-14)7-27)29-21-28-8-18-19(30-21)9-31(20(18)32)16-5-22(6-16)10-23(25,26)11-22/h1-2,8,15-16H,3-6,9-11H2,(H,28,29,30)/t15-/m0/s1. The largest absolute Gasteiger partial charge is 0.351 e. The molecule has 3 aliphatic carbocycles. The van der Waals surface area contributed by atoms with Gasteiger partial charge in [0.1, 0.15) is 0 Å². The van der Waals surface area contributed by atoms with Gasteiger partial charge in [0.05, 0.1) is 29.4 Å². The Morgan fingerprint density at radius 3 is 2.75 bits per heavy atom. The first kappa shape index (κ1) is 19.9. The van der Waals surface area contributed by atoms with Crippen LogP contribution in [0.3, 0.4) is 0 Å². The van der Waals surface area contributed by atoms with Crippen molar-refractivity contribution in [1.29, 1.82) is 5.26 Å². The van der Waals surface area contributed by atoms with Crippen molar-refractivity contribution in [3.63, 3.8) is 0 Å². The first-order valence-corrected chi connectivity index (χ1v) is 11.1. The Hall–Kier alpha value is -2.79. The van der Waals surface area contributed by atoms with E-state index in [9.17, 15) is 18.8 Å². The summed E-state index contributed by atoms with van der Waals surface area (Å²) < 4.78 is 26.6.